The number of amides is 2. The summed E-state index contributed by atoms with van der Waals surface area (Å²) in [4.78, 5) is 13.0. The minimum absolute atomic E-state index is 0.116. The maximum atomic E-state index is 12.1. The van der Waals surface area contributed by atoms with Crippen LogP contribution in [0.3, 0.4) is 0 Å². The van der Waals surface area contributed by atoms with Gasteiger partial charge in [0.1, 0.15) is 0 Å². The molecule has 0 radical (unpaired) electrons. The molecule has 1 N–H and O–H groups in total. The van der Waals surface area contributed by atoms with Crippen molar-refractivity contribution < 1.29 is 18.0 Å². The summed E-state index contributed by atoms with van der Waals surface area (Å²) in [5.41, 5.74) is 7.21. The summed E-state index contributed by atoms with van der Waals surface area (Å²) in [6, 6.07) is 2.76. The number of carbonyl (C=O) groups is 1. The van der Waals surface area contributed by atoms with Crippen LogP contribution in [0.15, 0.2) is 29.4 Å². The van der Waals surface area contributed by atoms with Crippen molar-refractivity contribution in [2.75, 3.05) is 5.32 Å². The van der Waals surface area contributed by atoms with Gasteiger partial charge >= 0.3 is 12.2 Å². The van der Waals surface area contributed by atoms with Crippen molar-refractivity contribution in [2.24, 2.45) is 5.11 Å². The molecule has 1 aromatic rings. The largest absolute Gasteiger partial charge is 0.416 e. The molecule has 0 aliphatic rings. The van der Waals surface area contributed by atoms with Crippen molar-refractivity contribution in [3.05, 3.63) is 40.3 Å². The predicted molar refractivity (Wildman–Crippen MR) is 49.6 cm³/mol. The van der Waals surface area contributed by atoms with E-state index in [1.54, 1.807) is 0 Å². The van der Waals surface area contributed by atoms with E-state index >= 15 is 0 Å². The van der Waals surface area contributed by atoms with E-state index in [0.717, 1.165) is 24.3 Å². The highest BCUT2D eigenvalue weighted by Crippen LogP contribution is 2.29. The standard InChI is InChI=1S/C8H5F3N4O/c9-8(10,11)5-1-3-6(4-2-5)13-7(16)14-15-12/h1-4H,(H,13,16). The Morgan fingerprint density at radius 3 is 2.31 bits per heavy atom. The van der Waals surface area contributed by atoms with Gasteiger partial charge in [0, 0.05) is 15.7 Å². The average Bonchev–Trinajstić information content (AvgIpc) is 2.17. The van der Waals surface area contributed by atoms with Crippen molar-refractivity contribution in [2.45, 2.75) is 6.18 Å². The van der Waals surface area contributed by atoms with Gasteiger partial charge in [-0.15, -0.1) is 0 Å². The van der Waals surface area contributed by atoms with Gasteiger partial charge < -0.3 is 5.32 Å². The van der Waals surface area contributed by atoms with E-state index in [1.165, 1.54) is 0 Å². The summed E-state index contributed by atoms with van der Waals surface area (Å²) in [5.74, 6) is 0. The third-order valence-corrected chi connectivity index (χ3v) is 1.60. The first-order valence-electron chi connectivity index (χ1n) is 3.97. The van der Waals surface area contributed by atoms with Gasteiger partial charge in [-0.05, 0) is 29.8 Å². The number of urea groups is 1. The van der Waals surface area contributed by atoms with Crippen LogP contribution in [0.25, 0.3) is 10.4 Å². The summed E-state index contributed by atoms with van der Waals surface area (Å²) in [6.07, 6.45) is -4.42. The molecule has 1 aromatic carbocycles. The lowest BCUT2D eigenvalue weighted by molar-refractivity contribution is -0.137. The van der Waals surface area contributed by atoms with Crippen molar-refractivity contribution in [3.63, 3.8) is 0 Å². The molecule has 0 atom stereocenters. The maximum Gasteiger partial charge on any atom is 0.416 e. The zero-order valence-corrected chi connectivity index (χ0v) is 7.69. The number of anilines is 1. The molecule has 84 valence electrons. The molecule has 0 unspecified atom stereocenters. The molecule has 0 bridgehead atoms. The van der Waals surface area contributed by atoms with E-state index in [4.69, 9.17) is 5.53 Å². The van der Waals surface area contributed by atoms with Crippen LogP contribution >= 0.6 is 0 Å². The van der Waals surface area contributed by atoms with Crippen LogP contribution in [0, 0.1) is 0 Å². The molecule has 0 aliphatic carbocycles. The highest BCUT2D eigenvalue weighted by molar-refractivity contribution is 5.89. The van der Waals surface area contributed by atoms with Crippen LogP contribution in [0.4, 0.5) is 23.7 Å². The zero-order chi connectivity index (χ0) is 12.2. The van der Waals surface area contributed by atoms with Crippen LogP contribution in [0.2, 0.25) is 0 Å². The quantitative estimate of drug-likeness (QED) is 0.447. The molecule has 0 aromatic heterocycles. The topological polar surface area (TPSA) is 77.9 Å². The number of halogens is 3. The summed E-state index contributed by atoms with van der Waals surface area (Å²) < 4.78 is 36.4. The highest BCUT2D eigenvalue weighted by Gasteiger charge is 2.29. The molecule has 0 fully saturated rings. The highest BCUT2D eigenvalue weighted by atomic mass is 19.4. The molecule has 16 heavy (non-hydrogen) atoms. The normalized spacial score (nSPS) is 10.4. The number of nitrogens with one attached hydrogen (secondary N) is 1. The van der Waals surface area contributed by atoms with Crippen molar-refractivity contribution >= 4 is 11.7 Å². The molecule has 0 spiro atoms. The Bertz CT molecular complexity index is 434. The molecule has 0 saturated heterocycles. The van der Waals surface area contributed by atoms with Crippen LogP contribution in [-0.2, 0) is 6.18 Å². The molecular weight excluding hydrogens is 225 g/mol. The molecule has 0 saturated carbocycles. The number of carbonyl (C=O) groups excluding carboxylic acids is 1. The Labute approximate surface area is 87.5 Å². The van der Waals surface area contributed by atoms with Gasteiger partial charge in [-0.3, -0.25) is 4.79 Å². The lowest BCUT2D eigenvalue weighted by Crippen LogP contribution is -2.07. The van der Waals surface area contributed by atoms with Gasteiger partial charge in [0.15, 0.2) is 0 Å². The molecular formula is C8H5F3N4O. The van der Waals surface area contributed by atoms with Crippen molar-refractivity contribution in [1.82, 2.24) is 0 Å². The fourth-order valence-electron chi connectivity index (χ4n) is 0.932. The molecule has 1 rings (SSSR count). The minimum Gasteiger partial charge on any atom is -0.321 e. The lowest BCUT2D eigenvalue weighted by Gasteiger charge is -2.07. The molecule has 5 nitrogen and oxygen atoms in total. The second-order valence-corrected chi connectivity index (χ2v) is 2.69. The number of hydrogen-bond donors (Lipinski definition) is 1. The van der Waals surface area contributed by atoms with Crippen molar-refractivity contribution in [3.8, 4) is 0 Å². The van der Waals surface area contributed by atoms with Crippen LogP contribution in [0.5, 0.6) is 0 Å². The average molecular weight is 230 g/mol. The van der Waals surface area contributed by atoms with Crippen LogP contribution < -0.4 is 5.32 Å². The van der Waals surface area contributed by atoms with E-state index < -0.39 is 17.8 Å². The summed E-state index contributed by atoms with van der Waals surface area (Å²) >= 11 is 0. The van der Waals surface area contributed by atoms with Crippen LogP contribution in [-0.4, -0.2) is 6.03 Å². The number of alkyl halides is 3. The number of azide groups is 1. The number of hydrogen-bond acceptors (Lipinski definition) is 1. The van der Waals surface area contributed by atoms with E-state index in [1.807, 2.05) is 0 Å². The number of benzene rings is 1. The first kappa shape index (κ1) is 11.9. The van der Waals surface area contributed by atoms with Crippen LogP contribution in [0.1, 0.15) is 5.56 Å². The summed E-state index contributed by atoms with van der Waals surface area (Å²) in [7, 11) is 0. The SMILES string of the molecule is [N-]=[N+]=NC(=O)Nc1ccc(C(F)(F)F)cc1. The third kappa shape index (κ3) is 3.18. The number of rotatable bonds is 1. The molecule has 2 amide bonds. The van der Waals surface area contributed by atoms with E-state index in [-0.39, 0.29) is 5.69 Å². The Hall–Kier alpha value is -2.21. The first-order valence-corrected chi connectivity index (χ1v) is 3.97. The fourth-order valence-corrected chi connectivity index (χ4v) is 0.932. The predicted octanol–water partition coefficient (Wildman–Crippen LogP) is 3.55. The maximum absolute atomic E-state index is 12.1. The second kappa shape index (κ2) is 4.54. The molecule has 0 heterocycles. The Morgan fingerprint density at radius 2 is 1.88 bits per heavy atom. The van der Waals surface area contributed by atoms with E-state index in [0.29, 0.717) is 0 Å². The first-order chi connectivity index (χ1) is 7.43. The van der Waals surface area contributed by atoms with Gasteiger partial charge in [0.05, 0.1) is 5.56 Å². The molecule has 8 heteroatoms. The number of nitrogens with zero attached hydrogens (tertiary/aromatic N) is 3. The monoisotopic (exact) mass is 230 g/mol. The van der Waals surface area contributed by atoms with Gasteiger partial charge in [-0.2, -0.15) is 13.2 Å². The Morgan fingerprint density at radius 1 is 1.31 bits per heavy atom. The Balaban J connectivity index is 2.80. The summed E-state index contributed by atoms with van der Waals surface area (Å²) in [6.45, 7) is 0. The van der Waals surface area contributed by atoms with Gasteiger partial charge in [0.2, 0.25) is 0 Å². The lowest BCUT2D eigenvalue weighted by atomic mass is 10.2. The molecule has 0 aliphatic heterocycles. The van der Waals surface area contributed by atoms with Gasteiger partial charge in [-0.1, -0.05) is 0 Å². The Kier molecular flexibility index (Phi) is 3.37. The van der Waals surface area contributed by atoms with E-state index in [9.17, 15) is 18.0 Å². The van der Waals surface area contributed by atoms with Gasteiger partial charge in [-0.25, -0.2) is 0 Å². The zero-order valence-electron chi connectivity index (χ0n) is 7.69. The fraction of sp³-hybridized carbons (Fsp3) is 0.125. The summed E-state index contributed by atoms with van der Waals surface area (Å²) in [5, 5.41) is 4.79. The van der Waals surface area contributed by atoms with E-state index in [2.05, 4.69) is 15.3 Å². The van der Waals surface area contributed by atoms with Crippen molar-refractivity contribution in [1.29, 1.82) is 0 Å². The third-order valence-electron chi connectivity index (χ3n) is 1.60. The minimum atomic E-state index is -4.42. The van der Waals surface area contributed by atoms with Gasteiger partial charge in [0.25, 0.3) is 0 Å². The second-order valence-electron chi connectivity index (χ2n) is 2.69. The smallest absolute Gasteiger partial charge is 0.321 e.